The summed E-state index contributed by atoms with van der Waals surface area (Å²) in [5, 5.41) is 6.64. The van der Waals surface area contributed by atoms with E-state index in [0.717, 1.165) is 56.4 Å². The summed E-state index contributed by atoms with van der Waals surface area (Å²) in [7, 11) is 0. The van der Waals surface area contributed by atoms with Crippen LogP contribution in [-0.4, -0.2) is 32.6 Å². The number of aromatic nitrogens is 4. The van der Waals surface area contributed by atoms with Crippen LogP contribution in [0.5, 0.6) is 0 Å². The van der Waals surface area contributed by atoms with E-state index in [0.29, 0.717) is 0 Å². The van der Waals surface area contributed by atoms with Gasteiger partial charge in [0.05, 0.1) is 6.33 Å². The highest BCUT2D eigenvalue weighted by molar-refractivity contribution is 5.47. The van der Waals surface area contributed by atoms with Crippen LogP contribution in [0.15, 0.2) is 24.8 Å². The number of nitrogens with one attached hydrogen (secondary N) is 2. The molecule has 0 radical (unpaired) electrons. The van der Waals surface area contributed by atoms with Crippen molar-refractivity contribution in [1.29, 1.82) is 0 Å². The minimum Gasteiger partial charge on any atom is -0.370 e. The monoisotopic (exact) mass is 288 g/mol. The summed E-state index contributed by atoms with van der Waals surface area (Å²) >= 11 is 0. The van der Waals surface area contributed by atoms with Crippen molar-refractivity contribution in [2.24, 2.45) is 0 Å². The molecular weight excluding hydrogens is 264 g/mol. The number of imidazole rings is 1. The van der Waals surface area contributed by atoms with Crippen molar-refractivity contribution in [2.75, 3.05) is 23.7 Å². The van der Waals surface area contributed by atoms with Gasteiger partial charge in [-0.1, -0.05) is 6.92 Å². The molecule has 0 spiro atoms. The molecule has 0 fully saturated rings. The first-order chi connectivity index (χ1) is 10.3. The van der Waals surface area contributed by atoms with Crippen molar-refractivity contribution in [3.05, 3.63) is 30.6 Å². The van der Waals surface area contributed by atoms with Crippen molar-refractivity contribution in [3.8, 4) is 0 Å². The molecule has 2 heterocycles. The summed E-state index contributed by atoms with van der Waals surface area (Å²) in [6.07, 6.45) is 8.61. The molecule has 21 heavy (non-hydrogen) atoms. The van der Waals surface area contributed by atoms with Crippen LogP contribution in [0.4, 0.5) is 11.6 Å². The average molecular weight is 288 g/mol. The smallest absolute Gasteiger partial charge is 0.133 e. The van der Waals surface area contributed by atoms with E-state index in [4.69, 9.17) is 0 Å². The van der Waals surface area contributed by atoms with Gasteiger partial charge in [0.2, 0.25) is 0 Å². The van der Waals surface area contributed by atoms with Crippen LogP contribution >= 0.6 is 0 Å². The normalized spacial score (nSPS) is 10.6. The lowest BCUT2D eigenvalue weighted by atomic mass is 10.3. The zero-order valence-electron chi connectivity index (χ0n) is 12.8. The van der Waals surface area contributed by atoms with Gasteiger partial charge in [0.25, 0.3) is 0 Å². The van der Waals surface area contributed by atoms with E-state index < -0.39 is 0 Å². The van der Waals surface area contributed by atoms with Crippen LogP contribution in [0.1, 0.15) is 32.5 Å². The molecule has 0 saturated heterocycles. The summed E-state index contributed by atoms with van der Waals surface area (Å²) in [5.74, 6) is 2.69. The molecule has 0 unspecified atom stereocenters. The number of hydrogen-bond acceptors (Lipinski definition) is 5. The fraction of sp³-hybridized carbons (Fsp3) is 0.533. The van der Waals surface area contributed by atoms with Gasteiger partial charge >= 0.3 is 0 Å². The first kappa shape index (κ1) is 15.3. The molecule has 2 N–H and O–H groups in total. The maximum atomic E-state index is 4.56. The van der Waals surface area contributed by atoms with Crippen molar-refractivity contribution in [2.45, 2.75) is 39.7 Å². The number of hydrogen-bond donors (Lipinski definition) is 2. The van der Waals surface area contributed by atoms with Crippen LogP contribution < -0.4 is 10.6 Å². The lowest BCUT2D eigenvalue weighted by Gasteiger charge is -2.10. The maximum Gasteiger partial charge on any atom is 0.133 e. The SMILES string of the molecule is CCCc1nc(NCC)cc(NCCCn2ccnc2)n1. The van der Waals surface area contributed by atoms with Gasteiger partial charge in [-0.05, 0) is 19.8 Å². The molecule has 6 heteroatoms. The Bertz CT molecular complexity index is 499. The van der Waals surface area contributed by atoms with Gasteiger partial charge in [0.15, 0.2) is 0 Å². The zero-order chi connectivity index (χ0) is 14.9. The third-order valence-corrected chi connectivity index (χ3v) is 3.06. The Morgan fingerprint density at radius 3 is 2.62 bits per heavy atom. The second-order valence-corrected chi connectivity index (χ2v) is 4.92. The quantitative estimate of drug-likeness (QED) is 0.694. The number of aryl methyl sites for hydroxylation is 2. The van der Waals surface area contributed by atoms with E-state index in [1.54, 1.807) is 6.20 Å². The molecule has 2 aromatic heterocycles. The molecular formula is C15H24N6. The minimum atomic E-state index is 0.864. The first-order valence-electron chi connectivity index (χ1n) is 7.63. The highest BCUT2D eigenvalue weighted by Gasteiger charge is 2.03. The first-order valence-corrected chi connectivity index (χ1v) is 7.63. The van der Waals surface area contributed by atoms with Crippen molar-refractivity contribution in [1.82, 2.24) is 19.5 Å². The van der Waals surface area contributed by atoms with Crippen molar-refractivity contribution in [3.63, 3.8) is 0 Å². The summed E-state index contributed by atoms with van der Waals surface area (Å²) in [6.45, 7) is 6.91. The molecule has 2 rings (SSSR count). The molecule has 0 amide bonds. The van der Waals surface area contributed by atoms with Crippen molar-refractivity contribution >= 4 is 11.6 Å². The van der Waals surface area contributed by atoms with Crippen LogP contribution in [0.25, 0.3) is 0 Å². The van der Waals surface area contributed by atoms with Gasteiger partial charge in [0, 0.05) is 44.5 Å². The summed E-state index contributed by atoms with van der Waals surface area (Å²) < 4.78 is 2.08. The third-order valence-electron chi connectivity index (χ3n) is 3.06. The van der Waals surface area contributed by atoms with E-state index in [9.17, 15) is 0 Å². The topological polar surface area (TPSA) is 67.7 Å². The predicted molar refractivity (Wildman–Crippen MR) is 85.5 cm³/mol. The third kappa shape index (κ3) is 5.06. The maximum absolute atomic E-state index is 4.56. The van der Waals surface area contributed by atoms with Crippen LogP contribution in [0, 0.1) is 0 Å². The Morgan fingerprint density at radius 2 is 1.95 bits per heavy atom. The van der Waals surface area contributed by atoms with Crippen LogP contribution in [0.2, 0.25) is 0 Å². The second kappa shape index (κ2) is 8.24. The highest BCUT2D eigenvalue weighted by Crippen LogP contribution is 2.12. The van der Waals surface area contributed by atoms with Crippen LogP contribution in [0.3, 0.4) is 0 Å². The lowest BCUT2D eigenvalue weighted by molar-refractivity contribution is 0.659. The average Bonchev–Trinajstić information content (AvgIpc) is 2.97. The predicted octanol–water partition coefficient (Wildman–Crippen LogP) is 2.56. The molecule has 0 aromatic carbocycles. The number of anilines is 2. The Labute approximate surface area is 126 Å². The fourth-order valence-electron chi connectivity index (χ4n) is 2.09. The molecule has 6 nitrogen and oxygen atoms in total. The van der Waals surface area contributed by atoms with Gasteiger partial charge in [-0.25, -0.2) is 15.0 Å². The summed E-state index contributed by atoms with van der Waals surface area (Å²) in [5.41, 5.74) is 0. The van der Waals surface area contributed by atoms with Gasteiger partial charge < -0.3 is 15.2 Å². The Hall–Kier alpha value is -2.11. The summed E-state index contributed by atoms with van der Waals surface area (Å²) in [6, 6.07) is 1.97. The van der Waals surface area contributed by atoms with Gasteiger partial charge in [-0.3, -0.25) is 0 Å². The highest BCUT2D eigenvalue weighted by atomic mass is 15.1. The minimum absolute atomic E-state index is 0.864. The Balaban J connectivity index is 1.88. The molecule has 0 aliphatic rings. The summed E-state index contributed by atoms with van der Waals surface area (Å²) in [4.78, 5) is 13.1. The zero-order valence-corrected chi connectivity index (χ0v) is 12.8. The number of nitrogens with zero attached hydrogens (tertiary/aromatic N) is 4. The standard InChI is InChI=1S/C15H24N6/c1-3-6-13-19-14(17-4-2)11-15(20-13)18-7-5-9-21-10-8-16-12-21/h8,10-12H,3-7,9H2,1-2H3,(H2,17,18,19,20). The molecule has 0 aliphatic carbocycles. The molecule has 2 aromatic rings. The van der Waals surface area contributed by atoms with E-state index in [1.807, 2.05) is 18.6 Å². The van der Waals surface area contributed by atoms with E-state index >= 15 is 0 Å². The Morgan fingerprint density at radius 1 is 1.14 bits per heavy atom. The van der Waals surface area contributed by atoms with Gasteiger partial charge in [-0.15, -0.1) is 0 Å². The number of rotatable bonds is 9. The van der Waals surface area contributed by atoms with E-state index in [-0.39, 0.29) is 0 Å². The van der Waals surface area contributed by atoms with Gasteiger partial charge in [-0.2, -0.15) is 0 Å². The van der Waals surface area contributed by atoms with Crippen molar-refractivity contribution < 1.29 is 0 Å². The molecule has 0 bridgehead atoms. The molecule has 114 valence electrons. The fourth-order valence-corrected chi connectivity index (χ4v) is 2.09. The van der Waals surface area contributed by atoms with Gasteiger partial charge in [0.1, 0.15) is 17.5 Å². The molecule has 0 aliphatic heterocycles. The molecule has 0 saturated carbocycles. The van der Waals surface area contributed by atoms with E-state index in [1.165, 1.54) is 0 Å². The van der Waals surface area contributed by atoms with Crippen LogP contribution in [-0.2, 0) is 13.0 Å². The Kier molecular flexibility index (Phi) is 5.99. The van der Waals surface area contributed by atoms with E-state index in [2.05, 4.69) is 44.0 Å². The largest absolute Gasteiger partial charge is 0.370 e. The second-order valence-electron chi connectivity index (χ2n) is 4.92. The lowest BCUT2D eigenvalue weighted by Crippen LogP contribution is -2.10. The molecule has 0 atom stereocenters.